The molecule has 0 atom stereocenters. The molecule has 0 aliphatic heterocycles. The third-order valence-corrected chi connectivity index (χ3v) is 2.36. The van der Waals surface area contributed by atoms with Crippen LogP contribution in [0, 0.1) is 0 Å². The van der Waals surface area contributed by atoms with Crippen LogP contribution in [0.1, 0.15) is 27.7 Å². The maximum Gasteiger partial charge on any atom is 0.257 e. The molecule has 0 saturated carbocycles. The molecule has 0 heterocycles. The number of nitrogens with zero attached hydrogens (tertiary/aromatic N) is 1. The summed E-state index contributed by atoms with van der Waals surface area (Å²) in [6.07, 6.45) is -0.650. The molecule has 0 radical (unpaired) electrons. The highest BCUT2D eigenvalue weighted by molar-refractivity contribution is 6.18. The standard InChI is InChI=1S/C13H23NO4/c1-7-17-13(18-8-2)9(3)11(10(4)15)12(16)14(5)6/h13H,7-8H2,1-6H3/b11-9-. The molecule has 5 heteroatoms. The summed E-state index contributed by atoms with van der Waals surface area (Å²) in [5.41, 5.74) is 0.650. The van der Waals surface area contributed by atoms with Crippen molar-refractivity contribution >= 4 is 11.7 Å². The number of hydrogen-bond acceptors (Lipinski definition) is 4. The van der Waals surface area contributed by atoms with Gasteiger partial charge in [0.05, 0.1) is 5.57 Å². The van der Waals surface area contributed by atoms with Crippen molar-refractivity contribution in [2.45, 2.75) is 34.0 Å². The Hall–Kier alpha value is -1.20. The summed E-state index contributed by atoms with van der Waals surface area (Å²) in [5, 5.41) is 0. The van der Waals surface area contributed by atoms with Gasteiger partial charge in [0.1, 0.15) is 0 Å². The maximum atomic E-state index is 12.0. The van der Waals surface area contributed by atoms with Crippen LogP contribution < -0.4 is 0 Å². The first kappa shape index (κ1) is 16.8. The quantitative estimate of drug-likeness (QED) is 0.299. The van der Waals surface area contributed by atoms with Crippen LogP contribution in [0.15, 0.2) is 11.1 Å². The maximum absolute atomic E-state index is 12.0. The van der Waals surface area contributed by atoms with Crippen molar-refractivity contribution in [1.29, 1.82) is 0 Å². The molecule has 0 aliphatic rings. The van der Waals surface area contributed by atoms with Gasteiger partial charge < -0.3 is 14.4 Å². The van der Waals surface area contributed by atoms with E-state index in [0.29, 0.717) is 18.8 Å². The third-order valence-electron chi connectivity index (χ3n) is 2.36. The van der Waals surface area contributed by atoms with E-state index in [4.69, 9.17) is 9.47 Å². The number of ether oxygens (including phenoxy) is 2. The van der Waals surface area contributed by atoms with Crippen LogP contribution in [-0.2, 0) is 19.1 Å². The summed E-state index contributed by atoms with van der Waals surface area (Å²) in [6, 6.07) is 0. The molecule has 0 N–H and O–H groups in total. The van der Waals surface area contributed by atoms with E-state index in [0.717, 1.165) is 0 Å². The third kappa shape index (κ3) is 4.58. The molecule has 5 nitrogen and oxygen atoms in total. The zero-order valence-electron chi connectivity index (χ0n) is 12.1. The molecule has 1 amide bonds. The number of ketones is 1. The SMILES string of the molecule is CCOC(OCC)/C(C)=C(/C(C)=O)C(=O)N(C)C. The molecule has 0 fully saturated rings. The lowest BCUT2D eigenvalue weighted by atomic mass is 10.0. The number of carbonyl (C=O) groups is 2. The monoisotopic (exact) mass is 257 g/mol. The Bertz CT molecular complexity index is 328. The first-order valence-electron chi connectivity index (χ1n) is 6.03. The lowest BCUT2D eigenvalue weighted by Gasteiger charge is -2.21. The normalized spacial score (nSPS) is 12.4. The van der Waals surface area contributed by atoms with Crippen LogP contribution >= 0.6 is 0 Å². The van der Waals surface area contributed by atoms with Crippen LogP contribution in [-0.4, -0.2) is 50.2 Å². The van der Waals surface area contributed by atoms with E-state index >= 15 is 0 Å². The smallest absolute Gasteiger partial charge is 0.257 e. The summed E-state index contributed by atoms with van der Waals surface area (Å²) in [5.74, 6) is -0.611. The fraction of sp³-hybridized carbons (Fsp3) is 0.692. The second-order valence-electron chi connectivity index (χ2n) is 4.06. The first-order valence-corrected chi connectivity index (χ1v) is 6.03. The van der Waals surface area contributed by atoms with Gasteiger partial charge in [-0.25, -0.2) is 0 Å². The van der Waals surface area contributed by atoms with Crippen LogP contribution in [0.2, 0.25) is 0 Å². The molecule has 0 spiro atoms. The summed E-state index contributed by atoms with van der Waals surface area (Å²) >= 11 is 0. The molecule has 104 valence electrons. The first-order chi connectivity index (χ1) is 8.36. The minimum atomic E-state index is -0.650. The van der Waals surface area contributed by atoms with Crippen LogP contribution in [0.4, 0.5) is 0 Å². The Kier molecular flexibility index (Phi) is 7.47. The van der Waals surface area contributed by atoms with Crippen molar-refractivity contribution in [3.8, 4) is 0 Å². The molecule has 0 aromatic heterocycles. The summed E-state index contributed by atoms with van der Waals surface area (Å²) in [6.45, 7) is 7.62. The predicted molar refractivity (Wildman–Crippen MR) is 69.1 cm³/mol. The van der Waals surface area contributed by atoms with E-state index in [-0.39, 0.29) is 17.3 Å². The van der Waals surface area contributed by atoms with E-state index in [9.17, 15) is 9.59 Å². The average molecular weight is 257 g/mol. The highest BCUT2D eigenvalue weighted by Crippen LogP contribution is 2.16. The Morgan fingerprint density at radius 3 is 1.78 bits per heavy atom. The fourth-order valence-electron chi connectivity index (χ4n) is 1.54. The molecule has 0 unspecified atom stereocenters. The predicted octanol–water partition coefficient (Wildman–Crippen LogP) is 1.38. The molecule has 0 bridgehead atoms. The number of hydrogen-bond donors (Lipinski definition) is 0. The van der Waals surface area contributed by atoms with Gasteiger partial charge in [-0.1, -0.05) is 0 Å². The minimum absolute atomic E-state index is 0.131. The Morgan fingerprint density at radius 2 is 1.50 bits per heavy atom. The molecule has 0 rings (SSSR count). The summed E-state index contributed by atoms with van der Waals surface area (Å²) < 4.78 is 10.8. The molecule has 18 heavy (non-hydrogen) atoms. The van der Waals surface area contributed by atoms with Gasteiger partial charge in [-0.3, -0.25) is 9.59 Å². The highest BCUT2D eigenvalue weighted by Gasteiger charge is 2.24. The minimum Gasteiger partial charge on any atom is -0.349 e. The Balaban J connectivity index is 5.41. The second kappa shape index (κ2) is 8.00. The number of amides is 1. The molecule has 0 aromatic carbocycles. The van der Waals surface area contributed by atoms with Gasteiger partial charge in [0.25, 0.3) is 5.91 Å². The lowest BCUT2D eigenvalue weighted by Crippen LogP contribution is -2.31. The van der Waals surface area contributed by atoms with E-state index in [1.807, 2.05) is 13.8 Å². The fourth-order valence-corrected chi connectivity index (χ4v) is 1.54. The largest absolute Gasteiger partial charge is 0.349 e. The molecule has 0 aliphatic carbocycles. The number of Topliss-reactive ketones (excluding diaryl/α,β-unsaturated/α-hetero) is 1. The molecule has 0 aromatic rings. The van der Waals surface area contributed by atoms with Crippen molar-refractivity contribution in [3.63, 3.8) is 0 Å². The van der Waals surface area contributed by atoms with E-state index in [2.05, 4.69) is 0 Å². The topological polar surface area (TPSA) is 55.8 Å². The van der Waals surface area contributed by atoms with Gasteiger partial charge in [-0.2, -0.15) is 0 Å². The van der Waals surface area contributed by atoms with Crippen molar-refractivity contribution in [2.75, 3.05) is 27.3 Å². The van der Waals surface area contributed by atoms with Gasteiger partial charge >= 0.3 is 0 Å². The number of rotatable bonds is 7. The van der Waals surface area contributed by atoms with Gasteiger partial charge in [0.15, 0.2) is 12.1 Å². The van der Waals surface area contributed by atoms with Gasteiger partial charge in [-0.15, -0.1) is 0 Å². The second-order valence-corrected chi connectivity index (χ2v) is 4.06. The lowest BCUT2D eigenvalue weighted by molar-refractivity contribution is -0.130. The van der Waals surface area contributed by atoms with Crippen molar-refractivity contribution in [3.05, 3.63) is 11.1 Å². The highest BCUT2D eigenvalue weighted by atomic mass is 16.7. The Labute approximate surface area is 109 Å². The van der Waals surface area contributed by atoms with Crippen LogP contribution in [0.25, 0.3) is 0 Å². The van der Waals surface area contributed by atoms with Gasteiger partial charge in [-0.05, 0) is 33.3 Å². The van der Waals surface area contributed by atoms with E-state index in [1.165, 1.54) is 11.8 Å². The number of carbonyl (C=O) groups excluding carboxylic acids is 2. The molecular weight excluding hydrogens is 234 g/mol. The molecular formula is C13H23NO4. The van der Waals surface area contributed by atoms with Crippen molar-refractivity contribution in [1.82, 2.24) is 4.90 Å². The van der Waals surface area contributed by atoms with Gasteiger partial charge in [0.2, 0.25) is 0 Å². The zero-order valence-corrected chi connectivity index (χ0v) is 12.1. The summed E-state index contributed by atoms with van der Waals surface area (Å²) in [7, 11) is 3.21. The van der Waals surface area contributed by atoms with Crippen molar-refractivity contribution in [2.24, 2.45) is 0 Å². The Morgan fingerprint density at radius 1 is 1.06 bits per heavy atom. The van der Waals surface area contributed by atoms with Crippen molar-refractivity contribution < 1.29 is 19.1 Å². The summed E-state index contributed by atoms with van der Waals surface area (Å²) in [4.78, 5) is 25.0. The van der Waals surface area contributed by atoms with Gasteiger partial charge in [0, 0.05) is 27.3 Å². The van der Waals surface area contributed by atoms with Crippen LogP contribution in [0.3, 0.4) is 0 Å². The average Bonchev–Trinajstić information content (AvgIpc) is 2.28. The molecule has 0 saturated heterocycles. The van der Waals surface area contributed by atoms with E-state index < -0.39 is 6.29 Å². The number of likely N-dealkylation sites (N-methyl/N-ethyl adjacent to an activating group) is 1. The van der Waals surface area contributed by atoms with Crippen LogP contribution in [0.5, 0.6) is 0 Å². The van der Waals surface area contributed by atoms with E-state index in [1.54, 1.807) is 21.0 Å². The zero-order chi connectivity index (χ0) is 14.3.